The van der Waals surface area contributed by atoms with Crippen molar-refractivity contribution in [3.63, 3.8) is 0 Å². The lowest BCUT2D eigenvalue weighted by atomic mass is 9.98. The molecular formula is C17H27N. The van der Waals surface area contributed by atoms with E-state index in [4.69, 9.17) is 4.99 Å². The molecule has 18 heavy (non-hydrogen) atoms. The van der Waals surface area contributed by atoms with E-state index in [1.54, 1.807) is 0 Å². The van der Waals surface area contributed by atoms with Crippen LogP contribution in [0.1, 0.15) is 46.5 Å². The number of aliphatic imine (C=N–C) groups is 1. The van der Waals surface area contributed by atoms with Crippen LogP contribution in [0.5, 0.6) is 0 Å². The smallest absolute Gasteiger partial charge is 0.0590 e. The van der Waals surface area contributed by atoms with Gasteiger partial charge in [0.05, 0.1) is 6.04 Å². The highest BCUT2D eigenvalue weighted by Gasteiger charge is 2.11. The number of hydrogen-bond donors (Lipinski definition) is 0. The minimum absolute atomic E-state index is 0.392. The van der Waals surface area contributed by atoms with E-state index in [0.29, 0.717) is 17.9 Å². The van der Waals surface area contributed by atoms with Gasteiger partial charge in [0.15, 0.2) is 0 Å². The van der Waals surface area contributed by atoms with E-state index < -0.39 is 0 Å². The van der Waals surface area contributed by atoms with Gasteiger partial charge in [-0.25, -0.2) is 0 Å². The minimum atomic E-state index is 0.392. The standard InChI is InChI=1S/C17H27N/c1-4-11-16(3)17-13-10-8-6-5-7-9-12-15(2)14-18-17/h4,7-11,14-17H,5-6,12-13H2,1-3H3. The molecule has 0 spiro atoms. The van der Waals surface area contributed by atoms with Gasteiger partial charge in [-0.05, 0) is 44.4 Å². The lowest BCUT2D eigenvalue weighted by Crippen LogP contribution is -2.14. The van der Waals surface area contributed by atoms with Gasteiger partial charge < -0.3 is 0 Å². The van der Waals surface area contributed by atoms with Crippen molar-refractivity contribution < 1.29 is 0 Å². The molecule has 100 valence electrons. The fourth-order valence-electron chi connectivity index (χ4n) is 2.14. The van der Waals surface area contributed by atoms with Crippen LogP contribution in [0.25, 0.3) is 0 Å². The number of rotatable bonds is 2. The molecule has 0 fully saturated rings. The molecule has 1 nitrogen and oxygen atoms in total. The SMILES string of the molecule is CC=CC(C)C1CC=CCCC=CCC(C)C=N1. The largest absolute Gasteiger partial charge is 0.293 e. The molecule has 3 atom stereocenters. The summed E-state index contributed by atoms with van der Waals surface area (Å²) in [4.78, 5) is 4.80. The Morgan fingerprint density at radius 1 is 1.11 bits per heavy atom. The average molecular weight is 245 g/mol. The van der Waals surface area contributed by atoms with Gasteiger partial charge in [0.25, 0.3) is 0 Å². The Balaban J connectivity index is 2.72. The molecule has 0 N–H and O–H groups in total. The van der Waals surface area contributed by atoms with Crippen molar-refractivity contribution in [2.24, 2.45) is 16.8 Å². The van der Waals surface area contributed by atoms with Crippen LogP contribution < -0.4 is 0 Å². The average Bonchev–Trinajstić information content (AvgIpc) is 2.34. The predicted octanol–water partition coefficient (Wildman–Crippen LogP) is 4.96. The van der Waals surface area contributed by atoms with Crippen LogP contribution in [0.2, 0.25) is 0 Å². The van der Waals surface area contributed by atoms with Gasteiger partial charge in [-0.1, -0.05) is 50.3 Å². The van der Waals surface area contributed by atoms with Crippen LogP contribution in [-0.2, 0) is 0 Å². The van der Waals surface area contributed by atoms with Gasteiger partial charge in [0, 0.05) is 6.21 Å². The monoisotopic (exact) mass is 245 g/mol. The second-order valence-electron chi connectivity index (χ2n) is 5.22. The van der Waals surface area contributed by atoms with Crippen molar-refractivity contribution in [3.8, 4) is 0 Å². The minimum Gasteiger partial charge on any atom is -0.293 e. The van der Waals surface area contributed by atoms with Crippen LogP contribution in [0, 0.1) is 11.8 Å². The molecule has 0 aromatic rings. The molecule has 0 aromatic carbocycles. The third-order valence-electron chi connectivity index (χ3n) is 3.35. The molecule has 0 saturated carbocycles. The summed E-state index contributed by atoms with van der Waals surface area (Å²) < 4.78 is 0. The molecule has 0 radical (unpaired) electrons. The molecular weight excluding hydrogens is 218 g/mol. The van der Waals surface area contributed by atoms with E-state index in [-0.39, 0.29) is 0 Å². The number of allylic oxidation sites excluding steroid dienone is 4. The zero-order valence-corrected chi connectivity index (χ0v) is 12.0. The van der Waals surface area contributed by atoms with E-state index in [2.05, 4.69) is 63.4 Å². The summed E-state index contributed by atoms with van der Waals surface area (Å²) in [6, 6.07) is 0.392. The number of hydrogen-bond acceptors (Lipinski definition) is 1. The van der Waals surface area contributed by atoms with Crippen LogP contribution in [0.15, 0.2) is 41.4 Å². The van der Waals surface area contributed by atoms with Gasteiger partial charge in [-0.15, -0.1) is 0 Å². The van der Waals surface area contributed by atoms with Crippen LogP contribution >= 0.6 is 0 Å². The van der Waals surface area contributed by atoms with Gasteiger partial charge in [0.2, 0.25) is 0 Å². The molecule has 3 unspecified atom stereocenters. The summed E-state index contributed by atoms with van der Waals surface area (Å²) in [7, 11) is 0. The summed E-state index contributed by atoms with van der Waals surface area (Å²) in [5.41, 5.74) is 0. The van der Waals surface area contributed by atoms with Gasteiger partial charge >= 0.3 is 0 Å². The van der Waals surface area contributed by atoms with Crippen LogP contribution in [-0.4, -0.2) is 12.3 Å². The Bertz CT molecular complexity index is 323. The first kappa shape index (κ1) is 14.9. The van der Waals surface area contributed by atoms with Crippen molar-refractivity contribution >= 4 is 6.21 Å². The Hall–Kier alpha value is -1.11. The van der Waals surface area contributed by atoms with Crippen LogP contribution in [0.3, 0.4) is 0 Å². The van der Waals surface area contributed by atoms with Crippen molar-refractivity contribution in [3.05, 3.63) is 36.5 Å². The second kappa shape index (κ2) is 8.91. The highest BCUT2D eigenvalue weighted by molar-refractivity contribution is 5.60. The van der Waals surface area contributed by atoms with Crippen LogP contribution in [0.4, 0.5) is 0 Å². The highest BCUT2D eigenvalue weighted by Crippen LogP contribution is 2.15. The zero-order valence-electron chi connectivity index (χ0n) is 12.0. The summed E-state index contributed by atoms with van der Waals surface area (Å²) >= 11 is 0. The number of nitrogens with zero attached hydrogens (tertiary/aromatic N) is 1. The normalized spacial score (nSPS) is 27.9. The maximum atomic E-state index is 4.80. The van der Waals surface area contributed by atoms with E-state index in [9.17, 15) is 0 Å². The summed E-state index contributed by atoms with van der Waals surface area (Å²) in [6.45, 7) is 6.58. The van der Waals surface area contributed by atoms with Crippen molar-refractivity contribution in [1.29, 1.82) is 0 Å². The van der Waals surface area contributed by atoms with E-state index in [1.165, 1.54) is 0 Å². The zero-order chi connectivity index (χ0) is 13.2. The maximum absolute atomic E-state index is 4.80. The Morgan fingerprint density at radius 3 is 2.44 bits per heavy atom. The van der Waals surface area contributed by atoms with Gasteiger partial charge in [-0.2, -0.15) is 0 Å². The first-order valence-electron chi connectivity index (χ1n) is 7.20. The molecule has 0 amide bonds. The lowest BCUT2D eigenvalue weighted by Gasteiger charge is -2.16. The van der Waals surface area contributed by atoms with Crippen molar-refractivity contribution in [2.75, 3.05) is 0 Å². The maximum Gasteiger partial charge on any atom is 0.0590 e. The van der Waals surface area contributed by atoms with E-state index >= 15 is 0 Å². The Kier molecular flexibility index (Phi) is 7.40. The van der Waals surface area contributed by atoms with Crippen molar-refractivity contribution in [2.45, 2.75) is 52.5 Å². The summed E-state index contributed by atoms with van der Waals surface area (Å²) in [6.07, 6.45) is 20.2. The molecule has 0 bridgehead atoms. The second-order valence-corrected chi connectivity index (χ2v) is 5.22. The summed E-state index contributed by atoms with van der Waals surface area (Å²) in [5, 5.41) is 0. The van der Waals surface area contributed by atoms with Gasteiger partial charge in [-0.3, -0.25) is 4.99 Å². The Morgan fingerprint density at radius 2 is 1.78 bits per heavy atom. The molecule has 0 aliphatic carbocycles. The quantitative estimate of drug-likeness (QED) is 0.610. The fraction of sp³-hybridized carbons (Fsp3) is 0.588. The highest BCUT2D eigenvalue weighted by atomic mass is 14.8. The third-order valence-corrected chi connectivity index (χ3v) is 3.35. The first-order chi connectivity index (χ1) is 8.74. The summed E-state index contributed by atoms with van der Waals surface area (Å²) in [5.74, 6) is 1.06. The third kappa shape index (κ3) is 6.00. The van der Waals surface area contributed by atoms with E-state index in [0.717, 1.165) is 25.7 Å². The first-order valence-corrected chi connectivity index (χ1v) is 7.20. The molecule has 1 rings (SSSR count). The molecule has 1 heteroatoms. The molecule has 0 saturated heterocycles. The fourth-order valence-corrected chi connectivity index (χ4v) is 2.14. The van der Waals surface area contributed by atoms with E-state index in [1.807, 2.05) is 0 Å². The lowest BCUT2D eigenvalue weighted by molar-refractivity contribution is 0.544. The molecule has 1 aliphatic heterocycles. The predicted molar refractivity (Wildman–Crippen MR) is 82.2 cm³/mol. The molecule has 1 aliphatic rings. The molecule has 1 heterocycles. The van der Waals surface area contributed by atoms with Crippen molar-refractivity contribution in [1.82, 2.24) is 0 Å². The topological polar surface area (TPSA) is 12.4 Å². The molecule has 0 aromatic heterocycles. The van der Waals surface area contributed by atoms with Gasteiger partial charge in [0.1, 0.15) is 0 Å². The Labute approximate surface area is 112 Å².